The van der Waals surface area contributed by atoms with Crippen LogP contribution >= 0.6 is 0 Å². The van der Waals surface area contributed by atoms with Crippen LogP contribution < -0.4 is 5.32 Å². The van der Waals surface area contributed by atoms with E-state index in [1.165, 1.54) is 18.4 Å². The van der Waals surface area contributed by atoms with Crippen molar-refractivity contribution in [2.75, 3.05) is 5.32 Å². The largest absolute Gasteiger partial charge is 0.325 e. The molecule has 0 aliphatic heterocycles. The van der Waals surface area contributed by atoms with Crippen molar-refractivity contribution in [1.29, 1.82) is 0 Å². The third kappa shape index (κ3) is 2.51. The van der Waals surface area contributed by atoms with Crippen LogP contribution in [0.1, 0.15) is 43.7 Å². The summed E-state index contributed by atoms with van der Waals surface area (Å²) in [5, 5.41) is 3.09. The van der Waals surface area contributed by atoms with Gasteiger partial charge in [-0.05, 0) is 43.9 Å². The second-order valence-corrected chi connectivity index (χ2v) is 5.54. The summed E-state index contributed by atoms with van der Waals surface area (Å²) in [4.78, 5) is 12.3. The summed E-state index contributed by atoms with van der Waals surface area (Å²) in [6, 6.07) is 6.18. The first-order chi connectivity index (χ1) is 8.01. The number of nitrogens with one attached hydrogen (secondary N) is 1. The lowest BCUT2D eigenvalue weighted by Gasteiger charge is -2.23. The molecule has 1 fully saturated rings. The zero-order valence-corrected chi connectivity index (χ0v) is 11.0. The van der Waals surface area contributed by atoms with Gasteiger partial charge in [0.25, 0.3) is 0 Å². The van der Waals surface area contributed by atoms with E-state index in [4.69, 9.17) is 0 Å². The van der Waals surface area contributed by atoms with Gasteiger partial charge in [0.15, 0.2) is 0 Å². The molecule has 17 heavy (non-hydrogen) atoms. The molecule has 1 aromatic carbocycles. The van der Waals surface area contributed by atoms with Gasteiger partial charge in [0.05, 0.1) is 0 Å². The van der Waals surface area contributed by atoms with Crippen molar-refractivity contribution in [2.24, 2.45) is 5.41 Å². The van der Waals surface area contributed by atoms with Gasteiger partial charge in [-0.15, -0.1) is 0 Å². The Kier molecular flexibility index (Phi) is 3.23. The molecule has 0 spiro atoms. The quantitative estimate of drug-likeness (QED) is 0.823. The Labute approximate surface area is 103 Å². The number of hydrogen-bond acceptors (Lipinski definition) is 1. The third-order valence-corrected chi connectivity index (χ3v) is 3.90. The molecule has 1 aromatic rings. The summed E-state index contributed by atoms with van der Waals surface area (Å²) >= 11 is 0. The smallest absolute Gasteiger partial charge is 0.230 e. The first kappa shape index (κ1) is 12.2. The van der Waals surface area contributed by atoms with Crippen molar-refractivity contribution >= 4 is 11.6 Å². The van der Waals surface area contributed by atoms with Crippen molar-refractivity contribution in [3.05, 3.63) is 29.3 Å². The molecule has 1 saturated carbocycles. The number of amides is 1. The van der Waals surface area contributed by atoms with Gasteiger partial charge in [0, 0.05) is 11.1 Å². The summed E-state index contributed by atoms with van der Waals surface area (Å²) in [6.07, 6.45) is 4.39. The molecule has 0 bridgehead atoms. The lowest BCUT2D eigenvalue weighted by molar-refractivity contribution is -0.124. The van der Waals surface area contributed by atoms with E-state index in [9.17, 15) is 4.79 Å². The minimum Gasteiger partial charge on any atom is -0.325 e. The minimum atomic E-state index is -0.157. The minimum absolute atomic E-state index is 0.157. The van der Waals surface area contributed by atoms with Crippen LogP contribution in [0.5, 0.6) is 0 Å². The average molecular weight is 231 g/mol. The summed E-state index contributed by atoms with van der Waals surface area (Å²) in [6.45, 7) is 6.17. The summed E-state index contributed by atoms with van der Waals surface area (Å²) in [7, 11) is 0. The Morgan fingerprint density at radius 3 is 2.53 bits per heavy atom. The molecule has 0 heterocycles. The highest BCUT2D eigenvalue weighted by molar-refractivity contribution is 5.95. The van der Waals surface area contributed by atoms with Crippen molar-refractivity contribution < 1.29 is 4.79 Å². The number of benzene rings is 1. The lowest BCUT2D eigenvalue weighted by Crippen LogP contribution is -2.31. The number of hydrogen-bond donors (Lipinski definition) is 1. The fraction of sp³-hybridized carbons (Fsp3) is 0.533. The number of anilines is 1. The topological polar surface area (TPSA) is 29.1 Å². The van der Waals surface area contributed by atoms with Crippen LogP contribution in [0.15, 0.2) is 18.2 Å². The zero-order valence-electron chi connectivity index (χ0n) is 11.0. The molecule has 1 N–H and O–H groups in total. The molecular weight excluding hydrogens is 210 g/mol. The summed E-state index contributed by atoms with van der Waals surface area (Å²) < 4.78 is 0. The van der Waals surface area contributed by atoms with Gasteiger partial charge in [0.1, 0.15) is 0 Å². The molecule has 0 atom stereocenters. The summed E-state index contributed by atoms with van der Waals surface area (Å²) in [5.74, 6) is 0.184. The van der Waals surface area contributed by atoms with E-state index in [0.29, 0.717) is 0 Å². The SMILES string of the molecule is Cc1ccc(C)c(NC(=O)C2(C)CCCC2)c1. The second-order valence-electron chi connectivity index (χ2n) is 5.54. The Balaban J connectivity index is 2.15. The Bertz CT molecular complexity index is 431. The highest BCUT2D eigenvalue weighted by Gasteiger charge is 2.36. The number of carbonyl (C=O) groups is 1. The molecule has 1 amide bonds. The third-order valence-electron chi connectivity index (χ3n) is 3.90. The van der Waals surface area contributed by atoms with Crippen LogP contribution in [0.4, 0.5) is 5.69 Å². The Hall–Kier alpha value is -1.31. The van der Waals surface area contributed by atoms with Crippen LogP contribution in [-0.4, -0.2) is 5.91 Å². The van der Waals surface area contributed by atoms with Gasteiger partial charge >= 0.3 is 0 Å². The van der Waals surface area contributed by atoms with Gasteiger partial charge in [-0.1, -0.05) is 31.9 Å². The van der Waals surface area contributed by atoms with Crippen molar-refractivity contribution in [2.45, 2.75) is 46.5 Å². The number of rotatable bonds is 2. The first-order valence-corrected chi connectivity index (χ1v) is 6.40. The van der Waals surface area contributed by atoms with E-state index >= 15 is 0 Å². The lowest BCUT2D eigenvalue weighted by atomic mass is 9.87. The van der Waals surface area contributed by atoms with Gasteiger partial charge in [-0.25, -0.2) is 0 Å². The van der Waals surface area contributed by atoms with Crippen LogP contribution in [0.2, 0.25) is 0 Å². The van der Waals surface area contributed by atoms with Crippen molar-refractivity contribution in [3.8, 4) is 0 Å². The molecule has 0 aromatic heterocycles. The highest BCUT2D eigenvalue weighted by atomic mass is 16.2. The Morgan fingerprint density at radius 1 is 1.24 bits per heavy atom. The van der Waals surface area contributed by atoms with Crippen molar-refractivity contribution in [1.82, 2.24) is 0 Å². The molecule has 92 valence electrons. The molecule has 0 unspecified atom stereocenters. The molecule has 0 saturated heterocycles. The summed E-state index contributed by atoms with van der Waals surface area (Å²) in [5.41, 5.74) is 3.12. The van der Waals surface area contributed by atoms with E-state index in [-0.39, 0.29) is 11.3 Å². The maximum atomic E-state index is 12.3. The van der Waals surface area contributed by atoms with Gasteiger partial charge in [0.2, 0.25) is 5.91 Å². The van der Waals surface area contributed by atoms with Crippen LogP contribution in [-0.2, 0) is 4.79 Å². The maximum Gasteiger partial charge on any atom is 0.230 e. The molecular formula is C15H21NO. The fourth-order valence-corrected chi connectivity index (χ4v) is 2.53. The molecule has 2 rings (SSSR count). The predicted octanol–water partition coefficient (Wildman–Crippen LogP) is 3.82. The van der Waals surface area contributed by atoms with Crippen molar-refractivity contribution in [3.63, 3.8) is 0 Å². The zero-order chi connectivity index (χ0) is 12.5. The van der Waals surface area contributed by atoms with E-state index in [2.05, 4.69) is 24.4 Å². The van der Waals surface area contributed by atoms with Gasteiger partial charge in [-0.3, -0.25) is 4.79 Å². The number of aryl methyl sites for hydroxylation is 2. The van der Waals surface area contributed by atoms with Crippen LogP contribution in [0, 0.1) is 19.3 Å². The molecule has 2 heteroatoms. The highest BCUT2D eigenvalue weighted by Crippen LogP contribution is 2.38. The standard InChI is InChI=1S/C15H21NO/c1-11-6-7-12(2)13(10-11)16-14(17)15(3)8-4-5-9-15/h6-7,10H,4-5,8-9H2,1-3H3,(H,16,17). The average Bonchev–Trinajstić information content (AvgIpc) is 2.72. The van der Waals surface area contributed by atoms with Crippen LogP contribution in [0.3, 0.4) is 0 Å². The van der Waals surface area contributed by atoms with Gasteiger partial charge in [-0.2, -0.15) is 0 Å². The van der Waals surface area contributed by atoms with E-state index < -0.39 is 0 Å². The van der Waals surface area contributed by atoms with E-state index in [1.807, 2.05) is 19.9 Å². The second kappa shape index (κ2) is 4.52. The van der Waals surface area contributed by atoms with Gasteiger partial charge < -0.3 is 5.32 Å². The van der Waals surface area contributed by atoms with Crippen LogP contribution in [0.25, 0.3) is 0 Å². The molecule has 0 radical (unpaired) electrons. The monoisotopic (exact) mass is 231 g/mol. The molecule has 2 nitrogen and oxygen atoms in total. The first-order valence-electron chi connectivity index (χ1n) is 6.40. The maximum absolute atomic E-state index is 12.3. The predicted molar refractivity (Wildman–Crippen MR) is 71.1 cm³/mol. The normalized spacial score (nSPS) is 18.1. The van der Waals surface area contributed by atoms with E-state index in [0.717, 1.165) is 24.1 Å². The Morgan fingerprint density at radius 2 is 1.88 bits per heavy atom. The fourth-order valence-electron chi connectivity index (χ4n) is 2.53. The molecule has 1 aliphatic rings. The molecule has 1 aliphatic carbocycles. The van der Waals surface area contributed by atoms with E-state index in [1.54, 1.807) is 0 Å². The number of carbonyl (C=O) groups excluding carboxylic acids is 1.